The van der Waals surface area contributed by atoms with E-state index in [0.29, 0.717) is 41.2 Å². The lowest BCUT2D eigenvalue weighted by Crippen LogP contribution is -2.34. The van der Waals surface area contributed by atoms with Gasteiger partial charge in [0.2, 0.25) is 5.75 Å². The third-order valence-electron chi connectivity index (χ3n) is 6.16. The lowest BCUT2D eigenvalue weighted by Gasteiger charge is -2.17. The molecule has 0 radical (unpaired) electrons. The SMILES string of the molecule is Oc1c(OC[C@H]2O[C@@H](n3cnc4c(NC5CCOC5)ncnc43)[C@@H](O)[C@H]2O)oc2ccccc12. The highest BCUT2D eigenvalue weighted by atomic mass is 16.6. The molecule has 34 heavy (non-hydrogen) atoms. The van der Waals surface area contributed by atoms with E-state index in [9.17, 15) is 15.3 Å². The van der Waals surface area contributed by atoms with Crippen LogP contribution in [0.5, 0.6) is 11.7 Å². The summed E-state index contributed by atoms with van der Waals surface area (Å²) >= 11 is 0. The summed E-state index contributed by atoms with van der Waals surface area (Å²) in [5, 5.41) is 35.4. The van der Waals surface area contributed by atoms with E-state index >= 15 is 0 Å². The molecule has 2 fully saturated rings. The maximum absolute atomic E-state index is 10.7. The number of imidazole rings is 1. The molecular weight excluding hydrogens is 446 g/mol. The second-order valence-electron chi connectivity index (χ2n) is 8.34. The minimum absolute atomic E-state index is 0.0811. The Kier molecular flexibility index (Phi) is 5.21. The van der Waals surface area contributed by atoms with Gasteiger partial charge in [0.05, 0.1) is 24.4 Å². The Balaban J connectivity index is 1.20. The number of ether oxygens (including phenoxy) is 3. The second kappa shape index (κ2) is 8.40. The number of furan rings is 1. The van der Waals surface area contributed by atoms with Crippen LogP contribution in [0.15, 0.2) is 41.3 Å². The van der Waals surface area contributed by atoms with Gasteiger partial charge in [-0.15, -0.1) is 0 Å². The minimum atomic E-state index is -1.26. The number of aromatic hydroxyl groups is 1. The number of hydrogen-bond acceptors (Lipinski definition) is 11. The molecule has 2 saturated heterocycles. The van der Waals surface area contributed by atoms with Gasteiger partial charge < -0.3 is 39.3 Å². The normalized spacial score (nSPS) is 27.1. The van der Waals surface area contributed by atoms with Crippen molar-refractivity contribution in [2.24, 2.45) is 0 Å². The Morgan fingerprint density at radius 1 is 1.15 bits per heavy atom. The third kappa shape index (κ3) is 3.51. The molecule has 0 amide bonds. The topological polar surface area (TPSA) is 157 Å². The first-order valence-corrected chi connectivity index (χ1v) is 11.0. The van der Waals surface area contributed by atoms with Crippen LogP contribution >= 0.6 is 0 Å². The van der Waals surface area contributed by atoms with Crippen LogP contribution in [-0.4, -0.2) is 79.0 Å². The van der Waals surface area contributed by atoms with Gasteiger partial charge in [0, 0.05) is 6.61 Å². The van der Waals surface area contributed by atoms with Crippen molar-refractivity contribution in [2.45, 2.75) is 37.0 Å². The van der Waals surface area contributed by atoms with Gasteiger partial charge in [-0.25, -0.2) is 15.0 Å². The standard InChI is InChI=1S/C22H23N5O7/c28-16-12-3-1-2-4-13(12)34-22(16)32-8-14-17(29)18(30)21(33-14)27-10-25-15-19(23-9-24-20(15)27)26-11-5-6-31-7-11/h1-4,9-11,14,17-18,21,28-30H,5-8H2,(H,23,24,26)/t11?,14-,17+,18+,21-/m1/s1. The van der Waals surface area contributed by atoms with Gasteiger partial charge in [-0.2, -0.15) is 0 Å². The number of aliphatic hydroxyl groups excluding tert-OH is 2. The summed E-state index contributed by atoms with van der Waals surface area (Å²) in [4.78, 5) is 13.0. The maximum Gasteiger partial charge on any atom is 0.329 e. The molecule has 0 saturated carbocycles. The molecule has 178 valence electrons. The predicted molar refractivity (Wildman–Crippen MR) is 117 cm³/mol. The molecule has 6 rings (SSSR count). The lowest BCUT2D eigenvalue weighted by molar-refractivity contribution is -0.0498. The van der Waals surface area contributed by atoms with Crippen molar-refractivity contribution < 1.29 is 33.9 Å². The average Bonchev–Trinajstić information content (AvgIpc) is 3.63. The van der Waals surface area contributed by atoms with Crippen molar-refractivity contribution in [1.82, 2.24) is 19.5 Å². The van der Waals surface area contributed by atoms with Crippen molar-refractivity contribution in [3.63, 3.8) is 0 Å². The monoisotopic (exact) mass is 469 g/mol. The first kappa shape index (κ1) is 21.1. The predicted octanol–water partition coefficient (Wildman–Crippen LogP) is 1.18. The van der Waals surface area contributed by atoms with Crippen molar-refractivity contribution in [3.8, 4) is 11.7 Å². The number of anilines is 1. The smallest absolute Gasteiger partial charge is 0.329 e. The lowest BCUT2D eigenvalue weighted by atomic mass is 10.1. The molecule has 0 spiro atoms. The molecule has 12 heteroatoms. The minimum Gasteiger partial charge on any atom is -0.501 e. The summed E-state index contributed by atoms with van der Waals surface area (Å²) in [7, 11) is 0. The Morgan fingerprint density at radius 3 is 2.85 bits per heavy atom. The molecule has 5 atom stereocenters. The largest absolute Gasteiger partial charge is 0.501 e. The van der Waals surface area contributed by atoms with E-state index in [1.807, 2.05) is 0 Å². The van der Waals surface area contributed by atoms with Gasteiger partial charge in [0.15, 0.2) is 23.2 Å². The molecule has 4 aromatic rings. The number of nitrogens with one attached hydrogen (secondary N) is 1. The summed E-state index contributed by atoms with van der Waals surface area (Å²) in [6, 6.07) is 7.10. The zero-order chi connectivity index (χ0) is 23.2. The fourth-order valence-electron chi connectivity index (χ4n) is 4.35. The highest BCUT2D eigenvalue weighted by molar-refractivity contribution is 5.86. The van der Waals surface area contributed by atoms with Crippen LogP contribution in [0.1, 0.15) is 12.6 Å². The Hall–Kier alpha value is -3.45. The van der Waals surface area contributed by atoms with E-state index in [2.05, 4.69) is 20.3 Å². The summed E-state index contributed by atoms with van der Waals surface area (Å²) < 4.78 is 24.0. The van der Waals surface area contributed by atoms with Crippen molar-refractivity contribution in [3.05, 3.63) is 36.9 Å². The van der Waals surface area contributed by atoms with Gasteiger partial charge in [0.1, 0.15) is 36.8 Å². The summed E-state index contributed by atoms with van der Waals surface area (Å²) in [6.45, 7) is 1.12. The quantitative estimate of drug-likeness (QED) is 0.321. The molecule has 3 aromatic heterocycles. The molecule has 2 aliphatic heterocycles. The summed E-state index contributed by atoms with van der Waals surface area (Å²) in [5.41, 5.74) is 1.44. The van der Waals surface area contributed by atoms with Crippen LogP contribution in [0.25, 0.3) is 22.1 Å². The number of aliphatic hydroxyl groups is 2. The van der Waals surface area contributed by atoms with Gasteiger partial charge in [-0.1, -0.05) is 12.1 Å². The van der Waals surface area contributed by atoms with Crippen LogP contribution in [0.3, 0.4) is 0 Å². The molecule has 5 heterocycles. The van der Waals surface area contributed by atoms with Crippen LogP contribution < -0.4 is 10.1 Å². The van der Waals surface area contributed by atoms with Crippen LogP contribution in [0, 0.1) is 0 Å². The summed E-state index contributed by atoms with van der Waals surface area (Å²) in [5.74, 6) is 0.347. The van der Waals surface area contributed by atoms with E-state index in [4.69, 9.17) is 18.6 Å². The van der Waals surface area contributed by atoms with E-state index in [1.54, 1.807) is 28.8 Å². The van der Waals surface area contributed by atoms with Crippen molar-refractivity contribution in [2.75, 3.05) is 25.1 Å². The number of hydrogen-bond donors (Lipinski definition) is 4. The second-order valence-corrected chi connectivity index (χ2v) is 8.34. The average molecular weight is 469 g/mol. The first-order valence-electron chi connectivity index (χ1n) is 11.0. The number of rotatable bonds is 6. The van der Waals surface area contributed by atoms with Gasteiger partial charge in [0.25, 0.3) is 0 Å². The van der Waals surface area contributed by atoms with Gasteiger partial charge in [-0.3, -0.25) is 4.57 Å². The number of aromatic nitrogens is 4. The van der Waals surface area contributed by atoms with E-state index < -0.39 is 24.5 Å². The Labute approximate surface area is 192 Å². The van der Waals surface area contributed by atoms with Crippen LogP contribution in [0.4, 0.5) is 5.82 Å². The summed E-state index contributed by atoms with van der Waals surface area (Å²) in [6.07, 6.45) is -0.582. The van der Waals surface area contributed by atoms with E-state index in [-0.39, 0.29) is 24.3 Å². The Bertz CT molecular complexity index is 1320. The molecule has 0 aliphatic carbocycles. The number of fused-ring (bicyclic) bond motifs is 2. The van der Waals surface area contributed by atoms with Crippen LogP contribution in [-0.2, 0) is 9.47 Å². The number of nitrogens with zero attached hydrogens (tertiary/aromatic N) is 4. The fourth-order valence-corrected chi connectivity index (χ4v) is 4.35. The number of benzene rings is 1. The Morgan fingerprint density at radius 2 is 2.03 bits per heavy atom. The zero-order valence-electron chi connectivity index (χ0n) is 17.9. The van der Waals surface area contributed by atoms with E-state index in [1.165, 1.54) is 12.7 Å². The molecule has 1 aromatic carbocycles. The number of para-hydroxylation sites is 1. The maximum atomic E-state index is 10.7. The molecule has 2 aliphatic rings. The highest BCUT2D eigenvalue weighted by Crippen LogP contribution is 2.39. The molecule has 0 bridgehead atoms. The van der Waals surface area contributed by atoms with Gasteiger partial charge in [-0.05, 0) is 18.6 Å². The van der Waals surface area contributed by atoms with Crippen molar-refractivity contribution in [1.29, 1.82) is 0 Å². The van der Waals surface area contributed by atoms with Gasteiger partial charge >= 0.3 is 5.95 Å². The fraction of sp³-hybridized carbons (Fsp3) is 0.409. The van der Waals surface area contributed by atoms with Crippen LogP contribution in [0.2, 0.25) is 0 Å². The highest BCUT2D eigenvalue weighted by Gasteiger charge is 2.45. The zero-order valence-corrected chi connectivity index (χ0v) is 17.9. The molecule has 4 N–H and O–H groups in total. The van der Waals surface area contributed by atoms with Crippen molar-refractivity contribution >= 4 is 28.0 Å². The third-order valence-corrected chi connectivity index (χ3v) is 6.16. The molecule has 1 unspecified atom stereocenters. The molecule has 12 nitrogen and oxygen atoms in total. The molecular formula is C22H23N5O7. The van der Waals surface area contributed by atoms with E-state index in [0.717, 1.165) is 6.42 Å². The first-order chi connectivity index (χ1) is 16.6.